The summed E-state index contributed by atoms with van der Waals surface area (Å²) in [5.41, 5.74) is 4.41. The first-order valence-electron chi connectivity index (χ1n) is 9.05. The molecule has 3 heteroatoms. The zero-order valence-electron chi connectivity index (χ0n) is 15.6. The van der Waals surface area contributed by atoms with Crippen LogP contribution < -0.4 is 5.32 Å². The first-order chi connectivity index (χ1) is 13.0. The van der Waals surface area contributed by atoms with Crippen LogP contribution in [0.4, 0.5) is 0 Å². The molecule has 3 nitrogen and oxygen atoms in total. The van der Waals surface area contributed by atoms with Crippen LogP contribution in [0.25, 0.3) is 0 Å². The summed E-state index contributed by atoms with van der Waals surface area (Å²) in [7, 11) is 0. The molecule has 3 rings (SSSR count). The average molecular weight is 357 g/mol. The topological polar surface area (TPSA) is 46.2 Å². The summed E-state index contributed by atoms with van der Waals surface area (Å²) in [5.74, 6) is -0.174. The minimum absolute atomic E-state index is 0.00827. The highest BCUT2D eigenvalue weighted by atomic mass is 16.2. The summed E-state index contributed by atoms with van der Waals surface area (Å²) in [6, 6.07) is 24.1. The highest BCUT2D eigenvalue weighted by Gasteiger charge is 2.20. The molecule has 3 aromatic carbocycles. The molecule has 0 bridgehead atoms. The maximum absolute atomic E-state index is 12.8. The van der Waals surface area contributed by atoms with Crippen LogP contribution in [0, 0.1) is 13.8 Å². The zero-order chi connectivity index (χ0) is 19.2. The van der Waals surface area contributed by atoms with Crippen molar-refractivity contribution in [2.24, 2.45) is 0 Å². The SMILES string of the molecule is Cc1ccc(C(=O)CC(NC(=O)c2ccccc2)c2ccc(C)cc2)cc1. The van der Waals surface area contributed by atoms with E-state index >= 15 is 0 Å². The zero-order valence-corrected chi connectivity index (χ0v) is 15.6. The third-order valence-corrected chi connectivity index (χ3v) is 4.58. The van der Waals surface area contributed by atoms with Crippen LogP contribution in [0.3, 0.4) is 0 Å². The van der Waals surface area contributed by atoms with Crippen LogP contribution in [0.15, 0.2) is 78.9 Å². The molecular weight excluding hydrogens is 334 g/mol. The third kappa shape index (κ3) is 4.91. The molecule has 1 atom stereocenters. The first-order valence-corrected chi connectivity index (χ1v) is 9.05. The van der Waals surface area contributed by atoms with Crippen molar-refractivity contribution in [3.63, 3.8) is 0 Å². The molecule has 0 spiro atoms. The van der Waals surface area contributed by atoms with Gasteiger partial charge in [-0.25, -0.2) is 0 Å². The summed E-state index contributed by atoms with van der Waals surface area (Å²) in [5, 5.41) is 3.02. The first kappa shape index (κ1) is 18.6. The molecule has 1 unspecified atom stereocenters. The van der Waals surface area contributed by atoms with E-state index in [4.69, 9.17) is 0 Å². The Hall–Kier alpha value is -3.20. The van der Waals surface area contributed by atoms with Crippen molar-refractivity contribution in [3.05, 3.63) is 107 Å². The maximum Gasteiger partial charge on any atom is 0.251 e. The summed E-state index contributed by atoms with van der Waals surface area (Å²) in [4.78, 5) is 25.4. The Labute approximate surface area is 160 Å². The van der Waals surface area contributed by atoms with Crippen LogP contribution in [-0.2, 0) is 0 Å². The number of Topliss-reactive ketones (excluding diaryl/α,β-unsaturated/α-hetero) is 1. The van der Waals surface area contributed by atoms with Gasteiger partial charge in [0.25, 0.3) is 5.91 Å². The van der Waals surface area contributed by atoms with Crippen molar-refractivity contribution >= 4 is 11.7 Å². The van der Waals surface area contributed by atoms with Crippen LogP contribution >= 0.6 is 0 Å². The van der Waals surface area contributed by atoms with E-state index in [0.29, 0.717) is 11.1 Å². The third-order valence-electron chi connectivity index (χ3n) is 4.58. The van der Waals surface area contributed by atoms with Gasteiger partial charge < -0.3 is 5.32 Å². The molecule has 0 aliphatic carbocycles. The number of ketones is 1. The van der Waals surface area contributed by atoms with E-state index in [0.717, 1.165) is 16.7 Å². The molecule has 1 amide bonds. The van der Waals surface area contributed by atoms with Gasteiger partial charge in [-0.2, -0.15) is 0 Å². The monoisotopic (exact) mass is 357 g/mol. The molecule has 0 aliphatic rings. The summed E-state index contributed by atoms with van der Waals surface area (Å²) in [6.07, 6.45) is 0.213. The van der Waals surface area contributed by atoms with E-state index in [1.165, 1.54) is 0 Å². The lowest BCUT2D eigenvalue weighted by Gasteiger charge is -2.19. The van der Waals surface area contributed by atoms with Crippen molar-refractivity contribution in [2.45, 2.75) is 26.3 Å². The number of nitrogens with one attached hydrogen (secondary N) is 1. The maximum atomic E-state index is 12.8. The van der Waals surface area contributed by atoms with E-state index in [1.54, 1.807) is 12.1 Å². The highest BCUT2D eigenvalue weighted by molar-refractivity contribution is 5.98. The number of rotatable bonds is 6. The quantitative estimate of drug-likeness (QED) is 0.628. The lowest BCUT2D eigenvalue weighted by atomic mass is 9.96. The molecule has 0 saturated heterocycles. The Morgan fingerprint density at radius 3 is 1.89 bits per heavy atom. The lowest BCUT2D eigenvalue weighted by molar-refractivity contribution is 0.0912. The number of amides is 1. The molecule has 3 aromatic rings. The normalized spacial score (nSPS) is 11.6. The van der Waals surface area contributed by atoms with Crippen LogP contribution in [0.5, 0.6) is 0 Å². The molecular formula is C24H23NO2. The Morgan fingerprint density at radius 2 is 1.30 bits per heavy atom. The summed E-state index contributed by atoms with van der Waals surface area (Å²) >= 11 is 0. The highest BCUT2D eigenvalue weighted by Crippen LogP contribution is 2.21. The Morgan fingerprint density at radius 1 is 0.741 bits per heavy atom. The van der Waals surface area contributed by atoms with Crippen molar-refractivity contribution in [3.8, 4) is 0 Å². The van der Waals surface area contributed by atoms with Gasteiger partial charge >= 0.3 is 0 Å². The van der Waals surface area contributed by atoms with Crippen molar-refractivity contribution in [1.29, 1.82) is 0 Å². The minimum atomic E-state index is -0.382. The Kier molecular flexibility index (Phi) is 5.82. The van der Waals surface area contributed by atoms with Crippen LogP contribution in [0.1, 0.15) is 49.9 Å². The molecule has 136 valence electrons. The van der Waals surface area contributed by atoms with E-state index in [9.17, 15) is 9.59 Å². The van der Waals surface area contributed by atoms with Crippen LogP contribution in [0.2, 0.25) is 0 Å². The lowest BCUT2D eigenvalue weighted by Crippen LogP contribution is -2.30. The summed E-state index contributed by atoms with van der Waals surface area (Å²) < 4.78 is 0. The molecule has 0 fully saturated rings. The van der Waals surface area contributed by atoms with Gasteiger partial charge in [0.2, 0.25) is 0 Å². The molecule has 0 radical (unpaired) electrons. The van der Waals surface area contributed by atoms with Gasteiger partial charge in [0.05, 0.1) is 6.04 Å². The fourth-order valence-electron chi connectivity index (χ4n) is 2.92. The van der Waals surface area contributed by atoms with Gasteiger partial charge in [-0.1, -0.05) is 77.9 Å². The Balaban J connectivity index is 1.83. The smallest absolute Gasteiger partial charge is 0.251 e. The van der Waals surface area contributed by atoms with Crippen LogP contribution in [-0.4, -0.2) is 11.7 Å². The number of benzene rings is 3. The fourth-order valence-corrected chi connectivity index (χ4v) is 2.92. The van der Waals surface area contributed by atoms with Crippen molar-refractivity contribution in [2.75, 3.05) is 0 Å². The fraction of sp³-hybridized carbons (Fsp3) is 0.167. The number of aryl methyl sites for hydroxylation is 2. The molecule has 27 heavy (non-hydrogen) atoms. The van der Waals surface area contributed by atoms with Gasteiger partial charge in [-0.15, -0.1) is 0 Å². The van der Waals surface area contributed by atoms with E-state index in [1.807, 2.05) is 80.6 Å². The number of hydrogen-bond donors (Lipinski definition) is 1. The van der Waals surface area contributed by atoms with E-state index in [2.05, 4.69) is 5.32 Å². The average Bonchev–Trinajstić information content (AvgIpc) is 2.69. The number of hydrogen-bond acceptors (Lipinski definition) is 2. The van der Waals surface area contributed by atoms with Crippen molar-refractivity contribution < 1.29 is 9.59 Å². The summed E-state index contributed by atoms with van der Waals surface area (Å²) in [6.45, 7) is 4.00. The van der Waals surface area contributed by atoms with Gasteiger partial charge in [-0.05, 0) is 31.5 Å². The van der Waals surface area contributed by atoms with Gasteiger partial charge in [0.1, 0.15) is 0 Å². The van der Waals surface area contributed by atoms with Gasteiger partial charge in [-0.3, -0.25) is 9.59 Å². The minimum Gasteiger partial charge on any atom is -0.345 e. The second kappa shape index (κ2) is 8.45. The number of carbonyl (C=O) groups is 2. The predicted molar refractivity (Wildman–Crippen MR) is 108 cm³/mol. The second-order valence-electron chi connectivity index (χ2n) is 6.80. The predicted octanol–water partition coefficient (Wildman–Crippen LogP) is 5.05. The van der Waals surface area contributed by atoms with Gasteiger partial charge in [0, 0.05) is 17.5 Å². The molecule has 0 aromatic heterocycles. The van der Waals surface area contributed by atoms with E-state index < -0.39 is 0 Å². The molecule has 0 heterocycles. The van der Waals surface area contributed by atoms with Crippen molar-refractivity contribution in [1.82, 2.24) is 5.32 Å². The van der Waals surface area contributed by atoms with E-state index in [-0.39, 0.29) is 24.2 Å². The molecule has 0 aliphatic heterocycles. The largest absolute Gasteiger partial charge is 0.345 e. The Bertz CT molecular complexity index is 913. The standard InChI is InChI=1S/C24H23NO2/c1-17-8-12-19(13-9-17)22(25-24(27)21-6-4-3-5-7-21)16-23(26)20-14-10-18(2)11-15-20/h3-15,22H,16H2,1-2H3,(H,25,27). The molecule has 0 saturated carbocycles. The molecule has 1 N–H and O–H groups in total. The van der Waals surface area contributed by atoms with Gasteiger partial charge in [0.15, 0.2) is 5.78 Å². The number of carbonyl (C=O) groups excluding carboxylic acids is 2. The second-order valence-corrected chi connectivity index (χ2v) is 6.80.